The van der Waals surface area contributed by atoms with Gasteiger partial charge in [0.25, 0.3) is 0 Å². The van der Waals surface area contributed by atoms with Crippen molar-refractivity contribution in [2.24, 2.45) is 5.92 Å². The molecule has 0 unspecified atom stereocenters. The van der Waals surface area contributed by atoms with Gasteiger partial charge in [-0.1, -0.05) is 12.1 Å². The van der Waals surface area contributed by atoms with Gasteiger partial charge in [0.05, 0.1) is 25.2 Å². The van der Waals surface area contributed by atoms with Gasteiger partial charge in [0.15, 0.2) is 11.5 Å². The minimum Gasteiger partial charge on any atom is -0.493 e. The number of nitrogens with zero attached hydrogens (tertiary/aromatic N) is 1. The maximum Gasteiger partial charge on any atom is 0.243 e. The number of amides is 1. The zero-order valence-corrected chi connectivity index (χ0v) is 18.6. The fraction of sp³-hybridized carbons (Fsp3) is 0.409. The minimum atomic E-state index is -3.71. The molecule has 1 aliphatic rings. The third-order valence-electron chi connectivity index (χ3n) is 5.55. The van der Waals surface area contributed by atoms with Gasteiger partial charge < -0.3 is 14.8 Å². The summed E-state index contributed by atoms with van der Waals surface area (Å²) in [5.74, 6) is 0.0600. The Morgan fingerprint density at radius 2 is 1.68 bits per heavy atom. The maximum absolute atomic E-state index is 13.1. The standard InChI is InChI=1S/C22H27FN2O5S/c1-15(16-4-6-18(23)7-5-16)24-22(26)17-10-12-25(13-11-17)31(27,28)19-8-9-20(29-2)21(14-19)30-3/h4-9,14-15,17H,10-13H2,1-3H3,(H,24,26)/t15-/m0/s1. The van der Waals surface area contributed by atoms with Gasteiger partial charge in [0.1, 0.15) is 5.82 Å². The SMILES string of the molecule is COc1ccc(S(=O)(=O)N2CCC(C(=O)N[C@@H](C)c3ccc(F)cc3)CC2)cc1OC. The van der Waals surface area contributed by atoms with E-state index < -0.39 is 10.0 Å². The van der Waals surface area contributed by atoms with Crippen LogP contribution in [0.2, 0.25) is 0 Å². The van der Waals surface area contributed by atoms with Crippen molar-refractivity contribution in [2.45, 2.75) is 30.7 Å². The number of carbonyl (C=O) groups is 1. The summed E-state index contributed by atoms with van der Waals surface area (Å²) in [5.41, 5.74) is 0.809. The van der Waals surface area contributed by atoms with Crippen molar-refractivity contribution < 1.29 is 27.1 Å². The molecule has 0 saturated carbocycles. The van der Waals surface area contributed by atoms with Crippen LogP contribution in [0.15, 0.2) is 47.4 Å². The molecule has 0 aromatic heterocycles. The predicted molar refractivity (Wildman–Crippen MR) is 114 cm³/mol. The van der Waals surface area contributed by atoms with Gasteiger partial charge in [0, 0.05) is 25.1 Å². The quantitative estimate of drug-likeness (QED) is 0.701. The lowest BCUT2D eigenvalue weighted by atomic mass is 9.96. The number of carbonyl (C=O) groups excluding carboxylic acids is 1. The van der Waals surface area contributed by atoms with E-state index in [1.54, 1.807) is 18.2 Å². The lowest BCUT2D eigenvalue weighted by Gasteiger charge is -2.31. The van der Waals surface area contributed by atoms with E-state index in [1.807, 2.05) is 6.92 Å². The molecule has 1 atom stereocenters. The van der Waals surface area contributed by atoms with Gasteiger partial charge in [-0.3, -0.25) is 4.79 Å². The molecular formula is C22H27FN2O5S. The summed E-state index contributed by atoms with van der Waals surface area (Å²) in [6, 6.07) is 10.2. The second-order valence-corrected chi connectivity index (χ2v) is 9.41. The van der Waals surface area contributed by atoms with Crippen LogP contribution >= 0.6 is 0 Å². The van der Waals surface area contributed by atoms with E-state index in [0.717, 1.165) is 5.56 Å². The summed E-state index contributed by atoms with van der Waals surface area (Å²) in [7, 11) is -0.774. The molecule has 1 amide bonds. The number of piperidine rings is 1. The molecule has 0 radical (unpaired) electrons. The van der Waals surface area contributed by atoms with Crippen molar-refractivity contribution in [3.8, 4) is 11.5 Å². The van der Waals surface area contributed by atoms with Crippen LogP contribution in [0.1, 0.15) is 31.4 Å². The van der Waals surface area contributed by atoms with Crippen LogP contribution in [0.25, 0.3) is 0 Å². The number of methoxy groups -OCH3 is 2. The fourth-order valence-corrected chi connectivity index (χ4v) is 5.14. The van der Waals surface area contributed by atoms with Gasteiger partial charge in [-0.2, -0.15) is 4.31 Å². The first-order chi connectivity index (χ1) is 14.8. The van der Waals surface area contributed by atoms with Crippen LogP contribution in [0.4, 0.5) is 4.39 Å². The molecular weight excluding hydrogens is 423 g/mol. The van der Waals surface area contributed by atoms with E-state index in [-0.39, 0.29) is 41.7 Å². The van der Waals surface area contributed by atoms with E-state index in [0.29, 0.717) is 24.3 Å². The molecule has 1 saturated heterocycles. The Bertz CT molecular complexity index is 1020. The Labute approximate surface area is 182 Å². The van der Waals surface area contributed by atoms with Gasteiger partial charge in [-0.15, -0.1) is 0 Å². The molecule has 1 fully saturated rings. The van der Waals surface area contributed by atoms with Crippen molar-refractivity contribution in [1.82, 2.24) is 9.62 Å². The number of nitrogens with one attached hydrogen (secondary N) is 1. The Kier molecular flexibility index (Phi) is 7.17. The lowest BCUT2D eigenvalue weighted by molar-refractivity contribution is -0.126. The maximum atomic E-state index is 13.1. The molecule has 0 spiro atoms. The normalized spacial score (nSPS) is 16.5. The van der Waals surface area contributed by atoms with E-state index in [2.05, 4.69) is 5.32 Å². The first kappa shape index (κ1) is 23.0. The average molecular weight is 451 g/mol. The molecule has 7 nitrogen and oxygen atoms in total. The molecule has 0 bridgehead atoms. The summed E-state index contributed by atoms with van der Waals surface area (Å²) < 4.78 is 50.9. The highest BCUT2D eigenvalue weighted by atomic mass is 32.2. The topological polar surface area (TPSA) is 84.9 Å². The Hall–Kier alpha value is -2.65. The van der Waals surface area contributed by atoms with Gasteiger partial charge >= 0.3 is 0 Å². The van der Waals surface area contributed by atoms with Crippen LogP contribution in [0.3, 0.4) is 0 Å². The van der Waals surface area contributed by atoms with Crippen molar-refractivity contribution >= 4 is 15.9 Å². The van der Waals surface area contributed by atoms with E-state index in [9.17, 15) is 17.6 Å². The van der Waals surface area contributed by atoms with Gasteiger partial charge in [0.2, 0.25) is 15.9 Å². The Balaban J connectivity index is 1.61. The molecule has 2 aromatic carbocycles. The van der Waals surface area contributed by atoms with Gasteiger partial charge in [-0.05, 0) is 49.6 Å². The van der Waals surface area contributed by atoms with Crippen molar-refractivity contribution in [3.63, 3.8) is 0 Å². The van der Waals surface area contributed by atoms with Crippen molar-refractivity contribution in [1.29, 1.82) is 0 Å². The number of sulfonamides is 1. The predicted octanol–water partition coefficient (Wildman–Crippen LogP) is 3.12. The molecule has 3 rings (SSSR count). The first-order valence-electron chi connectivity index (χ1n) is 10.0. The average Bonchev–Trinajstić information content (AvgIpc) is 2.78. The second-order valence-electron chi connectivity index (χ2n) is 7.48. The zero-order chi connectivity index (χ0) is 22.6. The smallest absolute Gasteiger partial charge is 0.243 e. The first-order valence-corrected chi connectivity index (χ1v) is 11.5. The van der Waals surface area contributed by atoms with E-state index in [1.165, 1.54) is 42.8 Å². The molecule has 1 heterocycles. The summed E-state index contributed by atoms with van der Waals surface area (Å²) in [5, 5.41) is 2.94. The lowest BCUT2D eigenvalue weighted by Crippen LogP contribution is -2.43. The highest BCUT2D eigenvalue weighted by molar-refractivity contribution is 7.89. The number of ether oxygens (including phenoxy) is 2. The highest BCUT2D eigenvalue weighted by Crippen LogP contribution is 2.32. The monoisotopic (exact) mass is 450 g/mol. The van der Waals surface area contributed by atoms with Crippen LogP contribution in [0.5, 0.6) is 11.5 Å². The molecule has 9 heteroatoms. The molecule has 1 N–H and O–H groups in total. The van der Waals surface area contributed by atoms with Crippen LogP contribution < -0.4 is 14.8 Å². The fourth-order valence-electron chi connectivity index (χ4n) is 3.65. The molecule has 0 aliphatic carbocycles. The van der Waals surface area contributed by atoms with E-state index in [4.69, 9.17) is 9.47 Å². The van der Waals surface area contributed by atoms with E-state index >= 15 is 0 Å². The number of halogens is 1. The molecule has 2 aromatic rings. The van der Waals surface area contributed by atoms with Crippen molar-refractivity contribution in [2.75, 3.05) is 27.3 Å². The Morgan fingerprint density at radius 3 is 2.26 bits per heavy atom. The third kappa shape index (κ3) is 5.16. The molecule has 1 aliphatic heterocycles. The summed E-state index contributed by atoms with van der Waals surface area (Å²) in [6.07, 6.45) is 0.850. The number of hydrogen-bond acceptors (Lipinski definition) is 5. The summed E-state index contributed by atoms with van der Waals surface area (Å²) in [4.78, 5) is 12.8. The van der Waals surface area contributed by atoms with Crippen LogP contribution in [0, 0.1) is 11.7 Å². The third-order valence-corrected chi connectivity index (χ3v) is 7.44. The number of rotatable bonds is 7. The number of hydrogen-bond donors (Lipinski definition) is 1. The number of benzene rings is 2. The zero-order valence-electron chi connectivity index (χ0n) is 17.8. The van der Waals surface area contributed by atoms with Crippen LogP contribution in [-0.4, -0.2) is 45.9 Å². The Morgan fingerprint density at radius 1 is 1.06 bits per heavy atom. The van der Waals surface area contributed by atoms with Crippen LogP contribution in [-0.2, 0) is 14.8 Å². The molecule has 31 heavy (non-hydrogen) atoms. The minimum absolute atomic E-state index is 0.123. The molecule has 168 valence electrons. The highest BCUT2D eigenvalue weighted by Gasteiger charge is 2.33. The summed E-state index contributed by atoms with van der Waals surface area (Å²) >= 11 is 0. The largest absolute Gasteiger partial charge is 0.493 e. The summed E-state index contributed by atoms with van der Waals surface area (Å²) in [6.45, 7) is 2.33. The van der Waals surface area contributed by atoms with Gasteiger partial charge in [-0.25, -0.2) is 12.8 Å². The van der Waals surface area contributed by atoms with Crippen molar-refractivity contribution in [3.05, 3.63) is 53.8 Å². The second kappa shape index (κ2) is 9.65.